The zero-order valence-corrected chi connectivity index (χ0v) is 22.0. The van der Waals surface area contributed by atoms with E-state index >= 15 is 0 Å². The highest BCUT2D eigenvalue weighted by molar-refractivity contribution is 6.02. The molecule has 2 aliphatic rings. The maximum absolute atomic E-state index is 13.4. The Bertz CT molecular complexity index is 1360. The van der Waals surface area contributed by atoms with Gasteiger partial charge in [0.2, 0.25) is 12.7 Å². The number of anilines is 1. The van der Waals surface area contributed by atoms with E-state index in [0.717, 1.165) is 40.8 Å². The number of nitrogens with one attached hydrogen (secondary N) is 2. The molecular weight excluding hydrogens is 480 g/mol. The van der Waals surface area contributed by atoms with Gasteiger partial charge in [-0.1, -0.05) is 38.1 Å². The molecule has 1 heterocycles. The number of hydrogen-bond acceptors (Lipinski definition) is 5. The van der Waals surface area contributed by atoms with Gasteiger partial charge in [-0.15, -0.1) is 0 Å². The van der Waals surface area contributed by atoms with Gasteiger partial charge in [0.1, 0.15) is 0 Å². The average Bonchev–Trinajstić information content (AvgIpc) is 3.59. The minimum absolute atomic E-state index is 0. The second-order valence-corrected chi connectivity index (χ2v) is 10.7. The lowest BCUT2D eigenvalue weighted by Gasteiger charge is -2.18. The van der Waals surface area contributed by atoms with Gasteiger partial charge in [0.05, 0.1) is 18.1 Å². The molecule has 0 aromatic heterocycles. The van der Waals surface area contributed by atoms with Gasteiger partial charge in [0, 0.05) is 14.1 Å². The topological polar surface area (TPSA) is 96.9 Å². The zero-order valence-electron chi connectivity index (χ0n) is 22.0. The molecule has 1 atom stereocenters. The Morgan fingerprint density at radius 3 is 2.42 bits per heavy atom. The highest BCUT2D eigenvalue weighted by Gasteiger charge is 2.51. The molecule has 202 valence electrons. The molecule has 38 heavy (non-hydrogen) atoms. The number of hydrogen-bond donors (Lipinski definition) is 3. The maximum atomic E-state index is 13.4. The van der Waals surface area contributed by atoms with Crippen molar-refractivity contribution >= 4 is 17.5 Å². The average molecular weight is 519 g/mol. The van der Waals surface area contributed by atoms with E-state index in [-0.39, 0.29) is 34.1 Å². The summed E-state index contributed by atoms with van der Waals surface area (Å²) in [6, 6.07) is 18.7. The van der Waals surface area contributed by atoms with Crippen molar-refractivity contribution in [3.05, 3.63) is 77.4 Å². The van der Waals surface area contributed by atoms with Crippen LogP contribution in [-0.2, 0) is 10.2 Å². The minimum atomic E-state index is -0.553. The fraction of sp³-hybridized carbons (Fsp3) is 0.355. The summed E-state index contributed by atoms with van der Waals surface area (Å²) in [6.45, 7) is 6.26. The molecule has 1 saturated carbocycles. The van der Waals surface area contributed by atoms with Crippen molar-refractivity contribution < 1.29 is 27.0 Å². The van der Waals surface area contributed by atoms with Crippen LogP contribution in [0.3, 0.4) is 0 Å². The predicted molar refractivity (Wildman–Crippen MR) is 151 cm³/mol. The van der Waals surface area contributed by atoms with E-state index in [1.165, 1.54) is 0 Å². The minimum Gasteiger partial charge on any atom is -0.454 e. The molecule has 1 aliphatic heterocycles. The van der Waals surface area contributed by atoms with E-state index in [1.807, 2.05) is 55.5 Å². The normalized spacial score (nSPS) is 15.7. The number of aliphatic hydroxyl groups is 1. The Labute approximate surface area is 226 Å². The number of carbonyl (C=O) groups is 2. The van der Waals surface area contributed by atoms with Gasteiger partial charge >= 0.3 is 0 Å². The molecule has 0 radical (unpaired) electrons. The van der Waals surface area contributed by atoms with Crippen LogP contribution >= 0.6 is 0 Å². The molecule has 0 saturated heterocycles. The van der Waals surface area contributed by atoms with E-state index in [4.69, 9.17) is 9.47 Å². The van der Waals surface area contributed by atoms with Gasteiger partial charge in [-0.2, -0.15) is 0 Å². The fourth-order valence-electron chi connectivity index (χ4n) is 5.05. The SMILES string of the molecule is Cc1ccc(NC(=O)C2(c3ccc4c(c3)OCO4)CC2)cc1-c1ccc(C(=O)N[C@@H](CO)CC(C)C)cc1.[HH].[HH]. The molecule has 0 unspecified atom stereocenters. The number of amides is 2. The first kappa shape index (κ1) is 25.8. The summed E-state index contributed by atoms with van der Waals surface area (Å²) in [5.41, 5.74) is 4.65. The summed E-state index contributed by atoms with van der Waals surface area (Å²) >= 11 is 0. The predicted octanol–water partition coefficient (Wildman–Crippen LogP) is 5.69. The molecule has 0 bridgehead atoms. The Hall–Kier alpha value is -3.84. The summed E-state index contributed by atoms with van der Waals surface area (Å²) in [4.78, 5) is 26.1. The number of benzene rings is 3. The number of carbonyl (C=O) groups excluding carboxylic acids is 2. The molecule has 5 rings (SSSR count). The van der Waals surface area contributed by atoms with Gasteiger partial charge in [-0.05, 0) is 90.8 Å². The maximum Gasteiger partial charge on any atom is 0.251 e. The molecule has 1 aliphatic carbocycles. The van der Waals surface area contributed by atoms with Gasteiger partial charge < -0.3 is 25.2 Å². The highest BCUT2D eigenvalue weighted by atomic mass is 16.7. The molecular formula is C31H38N2O5. The summed E-state index contributed by atoms with van der Waals surface area (Å²) < 4.78 is 10.9. The van der Waals surface area contributed by atoms with Crippen LogP contribution in [-0.4, -0.2) is 36.4 Å². The van der Waals surface area contributed by atoms with Gasteiger partial charge in [-0.25, -0.2) is 0 Å². The van der Waals surface area contributed by atoms with Crippen LogP contribution in [0.1, 0.15) is 57.4 Å². The second kappa shape index (κ2) is 10.5. The van der Waals surface area contributed by atoms with Crippen LogP contribution in [0.4, 0.5) is 5.69 Å². The largest absolute Gasteiger partial charge is 0.454 e. The monoisotopic (exact) mass is 518 g/mol. The van der Waals surface area contributed by atoms with Gasteiger partial charge in [-0.3, -0.25) is 9.59 Å². The van der Waals surface area contributed by atoms with E-state index < -0.39 is 5.41 Å². The van der Waals surface area contributed by atoms with Crippen LogP contribution in [0.2, 0.25) is 0 Å². The lowest BCUT2D eigenvalue weighted by molar-refractivity contribution is -0.118. The third-order valence-electron chi connectivity index (χ3n) is 7.37. The Morgan fingerprint density at radius 2 is 1.74 bits per heavy atom. The standard InChI is InChI=1S/C31H34N2O5.2H2/c1-19(2)14-25(17-34)32-29(35)22-7-5-21(6-8-22)26-16-24(10-4-20(26)3)33-30(36)31(12-13-31)23-9-11-27-28(15-23)38-18-37-27;;/h4-11,15-16,19,25,34H,12-14,17-18H2,1-3H3,(H,32,35)(H,33,36);2*1H/t25-;;/m1../s1. The summed E-state index contributed by atoms with van der Waals surface area (Å²) in [5, 5.41) is 15.6. The lowest BCUT2D eigenvalue weighted by Crippen LogP contribution is -2.38. The Morgan fingerprint density at radius 1 is 1.00 bits per heavy atom. The second-order valence-electron chi connectivity index (χ2n) is 10.7. The molecule has 7 heteroatoms. The van der Waals surface area contributed by atoms with Gasteiger partial charge in [0.15, 0.2) is 11.5 Å². The lowest BCUT2D eigenvalue weighted by atomic mass is 9.94. The Balaban J connectivity index is 0.00000220. The van der Waals surface area contributed by atoms with E-state index in [0.29, 0.717) is 29.4 Å². The van der Waals surface area contributed by atoms with Crippen molar-refractivity contribution in [1.29, 1.82) is 0 Å². The number of ether oxygens (including phenoxy) is 2. The summed E-state index contributed by atoms with van der Waals surface area (Å²) in [7, 11) is 0. The summed E-state index contributed by atoms with van der Waals surface area (Å²) in [6.07, 6.45) is 2.29. The molecule has 3 aromatic rings. The van der Waals surface area contributed by atoms with Crippen LogP contribution < -0.4 is 20.1 Å². The van der Waals surface area contributed by atoms with E-state index in [1.54, 1.807) is 12.1 Å². The van der Waals surface area contributed by atoms with Crippen molar-refractivity contribution in [1.82, 2.24) is 5.32 Å². The number of fused-ring (bicyclic) bond motifs is 1. The smallest absolute Gasteiger partial charge is 0.251 e. The van der Waals surface area contributed by atoms with Crippen molar-refractivity contribution in [2.75, 3.05) is 18.7 Å². The first-order chi connectivity index (χ1) is 18.3. The highest BCUT2D eigenvalue weighted by Crippen LogP contribution is 2.51. The molecule has 2 amide bonds. The quantitative estimate of drug-likeness (QED) is 0.338. The van der Waals surface area contributed by atoms with E-state index in [9.17, 15) is 14.7 Å². The molecule has 3 N–H and O–H groups in total. The third-order valence-corrected chi connectivity index (χ3v) is 7.37. The first-order valence-corrected chi connectivity index (χ1v) is 13.1. The number of aryl methyl sites for hydroxylation is 1. The van der Waals surface area contributed by atoms with Gasteiger partial charge in [0.25, 0.3) is 5.91 Å². The van der Waals surface area contributed by atoms with Crippen molar-refractivity contribution in [3.63, 3.8) is 0 Å². The number of rotatable bonds is 9. The molecule has 1 fully saturated rings. The molecule has 0 spiro atoms. The molecule has 7 nitrogen and oxygen atoms in total. The van der Waals surface area contributed by atoms with Crippen molar-refractivity contribution in [2.45, 2.75) is 51.5 Å². The van der Waals surface area contributed by atoms with Crippen LogP contribution in [0.25, 0.3) is 11.1 Å². The summed E-state index contributed by atoms with van der Waals surface area (Å²) in [5.74, 6) is 1.53. The van der Waals surface area contributed by atoms with Crippen LogP contribution in [0.5, 0.6) is 11.5 Å². The van der Waals surface area contributed by atoms with E-state index in [2.05, 4.69) is 24.5 Å². The fourth-order valence-corrected chi connectivity index (χ4v) is 5.05. The third kappa shape index (κ3) is 5.24. The van der Waals surface area contributed by atoms with Crippen molar-refractivity contribution in [2.24, 2.45) is 5.92 Å². The zero-order chi connectivity index (χ0) is 26.9. The number of aliphatic hydroxyl groups excluding tert-OH is 1. The van der Waals surface area contributed by atoms with Crippen LogP contribution in [0, 0.1) is 12.8 Å². The van der Waals surface area contributed by atoms with Crippen molar-refractivity contribution in [3.8, 4) is 22.6 Å². The Kier molecular flexibility index (Phi) is 7.13. The van der Waals surface area contributed by atoms with Crippen LogP contribution in [0.15, 0.2) is 60.7 Å². The first-order valence-electron chi connectivity index (χ1n) is 13.1. The molecule has 3 aromatic carbocycles.